The standard InChI is InChI=1S/C12H20N2/c1-2-9-7-12(9)14-11-6-4-3-5-10(11)8-13/h9-12,14H,2-7H2,1H3. The fourth-order valence-electron chi connectivity index (χ4n) is 2.66. The zero-order chi connectivity index (χ0) is 9.97. The third-order valence-electron chi connectivity index (χ3n) is 3.81. The molecule has 0 radical (unpaired) electrons. The largest absolute Gasteiger partial charge is 0.310 e. The van der Waals surface area contributed by atoms with Crippen molar-refractivity contribution in [3.8, 4) is 6.07 Å². The molecular formula is C12H20N2. The molecule has 0 bridgehead atoms. The number of rotatable bonds is 3. The SMILES string of the molecule is CCC1CC1NC1CCCCC1C#N. The summed E-state index contributed by atoms with van der Waals surface area (Å²) in [6, 6.07) is 3.69. The predicted octanol–water partition coefficient (Wildman–Crippen LogP) is 2.46. The molecule has 2 aliphatic carbocycles. The van der Waals surface area contributed by atoms with E-state index < -0.39 is 0 Å². The Morgan fingerprint density at radius 3 is 2.71 bits per heavy atom. The molecule has 0 aromatic carbocycles. The normalized spacial score (nSPS) is 41.7. The van der Waals surface area contributed by atoms with Crippen LogP contribution >= 0.6 is 0 Å². The van der Waals surface area contributed by atoms with E-state index in [4.69, 9.17) is 5.26 Å². The molecule has 2 saturated carbocycles. The fraction of sp³-hybridized carbons (Fsp3) is 0.917. The molecule has 2 heteroatoms. The van der Waals surface area contributed by atoms with Crippen LogP contribution in [0.3, 0.4) is 0 Å². The van der Waals surface area contributed by atoms with Crippen molar-refractivity contribution in [1.82, 2.24) is 5.32 Å². The molecule has 0 heterocycles. The minimum Gasteiger partial charge on any atom is -0.310 e. The highest BCUT2D eigenvalue weighted by molar-refractivity contribution is 5.00. The molecule has 0 saturated heterocycles. The van der Waals surface area contributed by atoms with Gasteiger partial charge in [-0.2, -0.15) is 5.26 Å². The van der Waals surface area contributed by atoms with Crippen LogP contribution in [0.5, 0.6) is 0 Å². The first-order valence-corrected chi connectivity index (χ1v) is 6.00. The topological polar surface area (TPSA) is 35.8 Å². The Balaban J connectivity index is 1.81. The molecule has 0 aromatic heterocycles. The van der Waals surface area contributed by atoms with Crippen LogP contribution in [0.25, 0.3) is 0 Å². The lowest BCUT2D eigenvalue weighted by molar-refractivity contribution is 0.306. The Hall–Kier alpha value is -0.550. The van der Waals surface area contributed by atoms with E-state index in [-0.39, 0.29) is 5.92 Å². The van der Waals surface area contributed by atoms with Gasteiger partial charge in [0.05, 0.1) is 12.0 Å². The maximum Gasteiger partial charge on any atom is 0.0672 e. The molecule has 0 aromatic rings. The van der Waals surface area contributed by atoms with Gasteiger partial charge in [-0.05, 0) is 25.2 Å². The molecule has 2 rings (SSSR count). The van der Waals surface area contributed by atoms with Crippen molar-refractivity contribution >= 4 is 0 Å². The van der Waals surface area contributed by atoms with Gasteiger partial charge < -0.3 is 5.32 Å². The average Bonchev–Trinajstić information content (AvgIpc) is 2.97. The first-order valence-electron chi connectivity index (χ1n) is 6.00. The second kappa shape index (κ2) is 4.31. The van der Waals surface area contributed by atoms with Crippen LogP contribution in [-0.4, -0.2) is 12.1 Å². The first kappa shape index (κ1) is 9.98. The molecule has 0 aliphatic heterocycles. The van der Waals surface area contributed by atoms with Crippen molar-refractivity contribution in [2.75, 3.05) is 0 Å². The lowest BCUT2D eigenvalue weighted by Crippen LogP contribution is -2.39. The van der Waals surface area contributed by atoms with Crippen LogP contribution < -0.4 is 5.32 Å². The minimum absolute atomic E-state index is 0.279. The van der Waals surface area contributed by atoms with E-state index in [1.807, 2.05) is 0 Å². The second-order valence-corrected chi connectivity index (χ2v) is 4.80. The van der Waals surface area contributed by atoms with Gasteiger partial charge in [0.2, 0.25) is 0 Å². The van der Waals surface area contributed by atoms with E-state index in [2.05, 4.69) is 18.3 Å². The van der Waals surface area contributed by atoms with Gasteiger partial charge in [-0.15, -0.1) is 0 Å². The summed E-state index contributed by atoms with van der Waals surface area (Å²) in [6.07, 6.45) is 7.51. The Morgan fingerprint density at radius 1 is 1.29 bits per heavy atom. The molecule has 4 unspecified atom stereocenters. The van der Waals surface area contributed by atoms with E-state index >= 15 is 0 Å². The highest BCUT2D eigenvalue weighted by atomic mass is 15.0. The van der Waals surface area contributed by atoms with E-state index in [9.17, 15) is 0 Å². The lowest BCUT2D eigenvalue weighted by atomic mass is 9.85. The van der Waals surface area contributed by atoms with Gasteiger partial charge in [-0.1, -0.05) is 26.2 Å². The van der Waals surface area contributed by atoms with Gasteiger partial charge in [-0.3, -0.25) is 0 Å². The summed E-state index contributed by atoms with van der Waals surface area (Å²) in [7, 11) is 0. The number of nitrogens with zero attached hydrogens (tertiary/aromatic N) is 1. The molecule has 2 aliphatic rings. The van der Waals surface area contributed by atoms with Crippen LogP contribution in [0, 0.1) is 23.2 Å². The second-order valence-electron chi connectivity index (χ2n) is 4.80. The van der Waals surface area contributed by atoms with Crippen molar-refractivity contribution in [1.29, 1.82) is 5.26 Å². The lowest BCUT2D eigenvalue weighted by Gasteiger charge is -2.27. The summed E-state index contributed by atoms with van der Waals surface area (Å²) in [6.45, 7) is 2.26. The van der Waals surface area contributed by atoms with Crippen molar-refractivity contribution in [2.45, 2.75) is 57.5 Å². The molecule has 4 atom stereocenters. The van der Waals surface area contributed by atoms with Crippen LogP contribution in [0.15, 0.2) is 0 Å². The summed E-state index contributed by atoms with van der Waals surface area (Å²) < 4.78 is 0. The Kier molecular flexibility index (Phi) is 3.08. The third-order valence-corrected chi connectivity index (χ3v) is 3.81. The smallest absolute Gasteiger partial charge is 0.0672 e. The molecular weight excluding hydrogens is 172 g/mol. The highest BCUT2D eigenvalue weighted by Gasteiger charge is 2.38. The van der Waals surface area contributed by atoms with Gasteiger partial charge in [0.1, 0.15) is 0 Å². The van der Waals surface area contributed by atoms with E-state index in [0.29, 0.717) is 6.04 Å². The molecule has 2 fully saturated rings. The monoisotopic (exact) mass is 192 g/mol. The maximum atomic E-state index is 9.03. The van der Waals surface area contributed by atoms with E-state index in [0.717, 1.165) is 18.4 Å². The molecule has 0 amide bonds. The van der Waals surface area contributed by atoms with Crippen molar-refractivity contribution in [3.63, 3.8) is 0 Å². The highest BCUT2D eigenvalue weighted by Crippen LogP contribution is 2.35. The summed E-state index contributed by atoms with van der Waals surface area (Å²) in [5.41, 5.74) is 0. The van der Waals surface area contributed by atoms with Crippen LogP contribution in [0.4, 0.5) is 0 Å². The van der Waals surface area contributed by atoms with Crippen molar-refractivity contribution in [3.05, 3.63) is 0 Å². The maximum absolute atomic E-state index is 9.03. The molecule has 1 N–H and O–H groups in total. The Labute approximate surface area is 86.7 Å². The number of nitrogens with one attached hydrogen (secondary N) is 1. The summed E-state index contributed by atoms with van der Waals surface area (Å²) in [4.78, 5) is 0. The first-order chi connectivity index (χ1) is 6.85. The Morgan fingerprint density at radius 2 is 2.07 bits per heavy atom. The van der Waals surface area contributed by atoms with Crippen LogP contribution in [-0.2, 0) is 0 Å². The summed E-state index contributed by atoms with van der Waals surface area (Å²) in [5.74, 6) is 1.18. The minimum atomic E-state index is 0.279. The van der Waals surface area contributed by atoms with Gasteiger partial charge >= 0.3 is 0 Å². The number of hydrogen-bond acceptors (Lipinski definition) is 2. The van der Waals surface area contributed by atoms with Crippen LogP contribution in [0.2, 0.25) is 0 Å². The van der Waals surface area contributed by atoms with Crippen LogP contribution in [0.1, 0.15) is 45.4 Å². The van der Waals surface area contributed by atoms with E-state index in [1.165, 1.54) is 32.1 Å². The third kappa shape index (κ3) is 2.09. The van der Waals surface area contributed by atoms with E-state index in [1.54, 1.807) is 0 Å². The van der Waals surface area contributed by atoms with Gasteiger partial charge in [0, 0.05) is 12.1 Å². The van der Waals surface area contributed by atoms with Gasteiger partial charge in [0.25, 0.3) is 0 Å². The number of nitriles is 1. The fourth-order valence-corrected chi connectivity index (χ4v) is 2.66. The molecule has 0 spiro atoms. The number of hydrogen-bond donors (Lipinski definition) is 1. The zero-order valence-electron chi connectivity index (χ0n) is 9.00. The van der Waals surface area contributed by atoms with Gasteiger partial charge in [0.15, 0.2) is 0 Å². The van der Waals surface area contributed by atoms with Crippen molar-refractivity contribution in [2.24, 2.45) is 11.8 Å². The zero-order valence-corrected chi connectivity index (χ0v) is 9.00. The Bertz CT molecular complexity index is 231. The van der Waals surface area contributed by atoms with Crippen molar-refractivity contribution < 1.29 is 0 Å². The quantitative estimate of drug-likeness (QED) is 0.745. The molecule has 14 heavy (non-hydrogen) atoms. The summed E-state index contributed by atoms with van der Waals surface area (Å²) >= 11 is 0. The molecule has 2 nitrogen and oxygen atoms in total. The summed E-state index contributed by atoms with van der Waals surface area (Å²) in [5, 5.41) is 12.7. The predicted molar refractivity (Wildman–Crippen MR) is 56.7 cm³/mol. The van der Waals surface area contributed by atoms with Gasteiger partial charge in [-0.25, -0.2) is 0 Å². The average molecular weight is 192 g/mol. The molecule has 78 valence electrons.